The average molecular weight is 2050 g/mol. The molecule has 33 nitrogen and oxygen atoms in total. The molecule has 127 heavy (non-hydrogen) atoms. The number of H-pyrrole nitrogens is 1. The smallest absolute Gasteiger partial charge is 0.339 e. The van der Waals surface area contributed by atoms with Gasteiger partial charge in [0.1, 0.15) is 66.8 Å². The minimum Gasteiger partial charge on any atom is -0.468 e. The molecule has 0 bridgehead atoms. The molecule has 17 rings (SSSR count). The van der Waals surface area contributed by atoms with E-state index < -0.39 is 17.1 Å². The van der Waals surface area contributed by atoms with E-state index in [4.69, 9.17) is 114 Å². The topological polar surface area (TPSA) is 386 Å². The maximum Gasteiger partial charge on any atom is 0.339 e. The maximum atomic E-state index is 12.6. The SMILES string of the molecule is COC(=O)C1CN(c2ncccc2Cl)CCC1=O.Clc1cccnc1N1CCc2nc(CCN3CCOCC3)nc(Cl)c2C1.Clc1cccnc1N1CCc2nc(CCN3CCOCC3)nc(Nc3ccc(Br)nc3)c2C1.N=C(N)CCN1CCOCC1.Nc1ccc(Br)nc1.O=P(Cl)(Cl)Cl.O=c1[nH]c(CCN2CCOCC2)nc2c1CN(c1ncccc1Cl)CC2. The first-order valence-corrected chi connectivity index (χ1v) is 49.2. The summed E-state index contributed by atoms with van der Waals surface area (Å²) in [6.45, 7) is 22.7. The van der Waals surface area contributed by atoms with Crippen molar-refractivity contribution in [3.63, 3.8) is 0 Å². The van der Waals surface area contributed by atoms with E-state index in [1.165, 1.54) is 7.11 Å². The second-order valence-corrected chi connectivity index (χ2v) is 40.1. The van der Waals surface area contributed by atoms with Crippen molar-refractivity contribution in [3.05, 3.63) is 206 Å². The zero-order valence-electron chi connectivity index (χ0n) is 70.0. The number of hydrogen-bond donors (Lipinski definition) is 5. The number of esters is 1. The van der Waals surface area contributed by atoms with Crippen LogP contribution in [0.1, 0.15) is 64.1 Å². The number of rotatable bonds is 19. The predicted molar refractivity (Wildman–Crippen MR) is 506 cm³/mol. The third-order valence-electron chi connectivity index (χ3n) is 21.2. The minimum atomic E-state index is -3.22. The van der Waals surface area contributed by atoms with Crippen LogP contribution in [-0.2, 0) is 96.0 Å². The maximum absolute atomic E-state index is 12.6. The van der Waals surface area contributed by atoms with Gasteiger partial charge in [0.15, 0.2) is 5.78 Å². The minimum absolute atomic E-state index is 0.0521. The second-order valence-electron chi connectivity index (χ2n) is 29.8. The highest BCUT2D eigenvalue weighted by Gasteiger charge is 2.35. The Balaban J connectivity index is 0.000000153. The van der Waals surface area contributed by atoms with E-state index in [9.17, 15) is 18.9 Å². The number of anilines is 7. The van der Waals surface area contributed by atoms with Gasteiger partial charge in [0.05, 0.1) is 139 Å². The zero-order valence-corrected chi connectivity index (χ0v) is 80.1. The lowest BCUT2D eigenvalue weighted by atomic mass is 9.96. The summed E-state index contributed by atoms with van der Waals surface area (Å²) in [6.07, 6.45) is 15.9. The molecule has 0 aliphatic carbocycles. The molecular weight excluding hydrogens is 1950 g/mol. The standard InChI is InChI=1S/C23H25BrClN7O.C18H21Cl2N5O.C18H22ClN5O2.C12H13ClN2O3.C7H15N3O.C5H5BrN2.Cl3OP/c24-20-4-3-16(14-27-20)28-22-17-15-32(23-18(25)2-1-7-26-23)9-5-19(17)29-21(30-22)6-8-31-10-12-33-13-11-31;19-14-2-1-5-21-18(14)25-7-3-15-13(12-25)17(20)23-16(22-15)4-6-24-8-10-26-11-9-24;19-14-2-1-5-20-17(14)24-7-3-15-13(12-24)18(25)22-16(21-15)4-6-23-8-10-26-11-9-23;1-18-12(17)8-7-15(6-4-10(8)16)11-9(13)3-2-5-14-11;8-7(9)1-2-10-3-5-11-6-4-10;6-5-2-1-4(7)3-8-5;1-5(2,3)4/h1-4,7,14H,5-6,8-13,15H2,(H,28,29,30);1-2,5H,3-4,6-12H2;1-2,5H,3-4,6-12H2,(H,21,22,25);2-3,5,8H,4,6-7H2,1H3;1-6H2,(H3,8,9);1-3H,7H2;. The van der Waals surface area contributed by atoms with Crippen molar-refractivity contribution in [2.75, 3.05) is 202 Å². The Morgan fingerprint density at radius 2 is 0.921 bits per heavy atom. The Morgan fingerprint density at radius 3 is 1.35 bits per heavy atom. The normalized spacial score (nSPS) is 17.2. The summed E-state index contributed by atoms with van der Waals surface area (Å²) in [5.74, 6) is 5.09. The number of nitrogens with one attached hydrogen (secondary N) is 3. The van der Waals surface area contributed by atoms with Gasteiger partial charge in [-0.05, 0) is 138 Å². The molecule has 8 aliphatic heterocycles. The van der Waals surface area contributed by atoms with Crippen LogP contribution >= 0.6 is 129 Å². The molecule has 44 heteroatoms. The van der Waals surface area contributed by atoms with Crippen molar-refractivity contribution in [1.82, 2.24) is 79.4 Å². The number of aromatic nitrogens is 12. The van der Waals surface area contributed by atoms with Crippen molar-refractivity contribution in [3.8, 4) is 0 Å². The number of halogens is 10. The van der Waals surface area contributed by atoms with Gasteiger partial charge in [-0.1, -0.05) is 58.0 Å². The van der Waals surface area contributed by atoms with Crippen molar-refractivity contribution in [1.29, 1.82) is 5.41 Å². The summed E-state index contributed by atoms with van der Waals surface area (Å²) in [5, 5.41) is 10.2. The molecule has 5 fully saturated rings. The lowest BCUT2D eigenvalue weighted by Crippen LogP contribution is -2.45. The van der Waals surface area contributed by atoms with Crippen LogP contribution < -0.4 is 41.9 Å². The number of nitrogens with zero attached hydrogens (tertiary/aromatic N) is 19. The van der Waals surface area contributed by atoms with Crippen LogP contribution in [-0.4, -0.2) is 268 Å². The molecule has 9 aromatic heterocycles. The van der Waals surface area contributed by atoms with E-state index in [0.29, 0.717) is 81.3 Å². The van der Waals surface area contributed by atoms with Gasteiger partial charge in [-0.15, -0.1) is 0 Å². The van der Waals surface area contributed by atoms with Gasteiger partial charge in [-0.3, -0.25) is 44.0 Å². The summed E-state index contributed by atoms with van der Waals surface area (Å²) < 4.78 is 37.1. The molecule has 1 unspecified atom stereocenters. The van der Waals surface area contributed by atoms with E-state index >= 15 is 0 Å². The van der Waals surface area contributed by atoms with E-state index in [1.54, 1.807) is 67.5 Å². The molecule has 0 amide bonds. The third kappa shape index (κ3) is 32.5. The summed E-state index contributed by atoms with van der Waals surface area (Å²) in [5.41, 5.74) is 17.9. The molecule has 682 valence electrons. The number of amidine groups is 1. The summed E-state index contributed by atoms with van der Waals surface area (Å²) in [4.78, 5) is 106. The zero-order chi connectivity index (χ0) is 90.2. The number of Topliss-reactive ketones (excluding diaryl/α,β-unsaturated/α-hetero) is 1. The molecule has 0 spiro atoms. The largest absolute Gasteiger partial charge is 0.468 e. The lowest BCUT2D eigenvalue weighted by Gasteiger charge is -2.31. The number of pyridine rings is 6. The van der Waals surface area contributed by atoms with Crippen molar-refractivity contribution >= 4 is 187 Å². The van der Waals surface area contributed by atoms with Gasteiger partial charge in [-0.2, -0.15) is 0 Å². The lowest BCUT2D eigenvalue weighted by molar-refractivity contribution is -0.149. The van der Waals surface area contributed by atoms with E-state index in [1.807, 2.05) is 52.3 Å². The van der Waals surface area contributed by atoms with Gasteiger partial charge < -0.3 is 65.1 Å². The molecule has 0 saturated carbocycles. The van der Waals surface area contributed by atoms with Gasteiger partial charge >= 0.3 is 11.2 Å². The number of morpholine rings is 4. The fourth-order valence-corrected chi connectivity index (χ4v) is 16.2. The Morgan fingerprint density at radius 1 is 0.520 bits per heavy atom. The highest BCUT2D eigenvalue weighted by molar-refractivity contribution is 9.10. The summed E-state index contributed by atoms with van der Waals surface area (Å²) >= 11 is 51.9. The van der Waals surface area contributed by atoms with Crippen molar-refractivity contribution in [2.24, 2.45) is 11.7 Å². The molecule has 0 radical (unpaired) electrons. The second kappa shape index (κ2) is 51.4. The predicted octanol–water partition coefficient (Wildman–Crippen LogP) is 12.9. The molecule has 1 atom stereocenters. The number of methoxy groups -OCH3 is 1. The number of hydrogen-bond acceptors (Lipinski definition) is 31. The number of carbonyl (C=O) groups is 2. The van der Waals surface area contributed by atoms with Crippen molar-refractivity contribution < 1.29 is 37.8 Å². The van der Waals surface area contributed by atoms with Gasteiger partial charge in [0.25, 0.3) is 5.56 Å². The number of nitrogen functional groups attached to an aromatic ring is 1. The first-order chi connectivity index (χ1) is 61.3. The molecule has 5 saturated heterocycles. The number of aromatic amines is 1. The Labute approximate surface area is 793 Å². The number of piperidine rings is 1. The number of nitrogens with two attached hydrogens (primary N) is 2. The van der Waals surface area contributed by atoms with E-state index in [-0.39, 0.29) is 23.7 Å². The number of ketones is 1. The highest BCUT2D eigenvalue weighted by atomic mass is 79.9. The van der Waals surface area contributed by atoms with Crippen LogP contribution in [0.3, 0.4) is 0 Å². The van der Waals surface area contributed by atoms with Gasteiger partial charge in [0, 0.05) is 212 Å². The average Bonchev–Trinajstić information content (AvgIpc) is 0.804. The van der Waals surface area contributed by atoms with E-state index in [2.05, 4.69) is 145 Å². The molecule has 8 aliphatic rings. The first kappa shape index (κ1) is 100. The number of fused-ring (bicyclic) bond motifs is 3. The van der Waals surface area contributed by atoms with Crippen LogP contribution in [0.5, 0.6) is 0 Å². The molecule has 7 N–H and O–H groups in total. The fraction of sp³-hybridized carbons (Fsp3) is 0.458. The molecular formula is C83H101Br2Cl8N24O9P. The van der Waals surface area contributed by atoms with Crippen LogP contribution in [0.25, 0.3) is 0 Å². The number of ether oxygens (including phenoxy) is 5. The van der Waals surface area contributed by atoms with Crippen LogP contribution in [0.2, 0.25) is 25.2 Å². The monoisotopic (exact) mass is 2050 g/mol. The Bertz CT molecular complexity index is 5130. The number of carbonyl (C=O) groups excluding carboxylic acids is 2. The van der Waals surface area contributed by atoms with Crippen LogP contribution in [0.4, 0.5) is 40.5 Å². The highest BCUT2D eigenvalue weighted by Crippen LogP contribution is 2.61. The summed E-state index contributed by atoms with van der Waals surface area (Å²) in [6, 6.07) is 22.0. The Hall–Kier alpha value is -7.46. The molecule has 17 heterocycles. The van der Waals surface area contributed by atoms with Crippen molar-refractivity contribution in [2.45, 2.75) is 71.0 Å². The van der Waals surface area contributed by atoms with Crippen LogP contribution in [0.15, 0.2) is 124 Å². The third-order valence-corrected chi connectivity index (χ3v) is 23.6. The first-order valence-electron chi connectivity index (χ1n) is 41.3. The van der Waals surface area contributed by atoms with Crippen LogP contribution in [0, 0.1) is 11.3 Å². The quantitative estimate of drug-likeness (QED) is 0.00954. The van der Waals surface area contributed by atoms with Gasteiger partial charge in [0.2, 0.25) is 0 Å². The summed E-state index contributed by atoms with van der Waals surface area (Å²) in [7, 11) is 1.28. The molecule has 9 aromatic rings. The van der Waals surface area contributed by atoms with Gasteiger partial charge in [-0.25, -0.2) is 54.8 Å². The fourth-order valence-electron chi connectivity index (χ4n) is 14.5. The molecule has 0 aromatic carbocycles. The Kier molecular flexibility index (Phi) is 40.5. The van der Waals surface area contributed by atoms with E-state index in [0.717, 1.165) is 273 Å².